The van der Waals surface area contributed by atoms with E-state index in [9.17, 15) is 4.79 Å². The molecule has 0 bridgehead atoms. The van der Waals surface area contributed by atoms with E-state index in [1.165, 1.54) is 22.2 Å². The maximum Gasteiger partial charge on any atom is 0.223 e. The smallest absolute Gasteiger partial charge is 0.223 e. The summed E-state index contributed by atoms with van der Waals surface area (Å²) in [6.45, 7) is 4.21. The lowest BCUT2D eigenvalue weighted by atomic mass is 9.95. The van der Waals surface area contributed by atoms with Crippen molar-refractivity contribution >= 4 is 28.4 Å². The summed E-state index contributed by atoms with van der Waals surface area (Å²) in [5.74, 6) is 0.272. The summed E-state index contributed by atoms with van der Waals surface area (Å²) >= 11 is 6.09. The third kappa shape index (κ3) is 5.34. The molecule has 2 aromatic heterocycles. The number of nitrogens with one attached hydrogen (secondary N) is 2. The van der Waals surface area contributed by atoms with Crippen molar-refractivity contribution in [1.29, 1.82) is 0 Å². The van der Waals surface area contributed by atoms with E-state index in [0.717, 1.165) is 56.2 Å². The maximum absolute atomic E-state index is 12.6. The first-order valence-electron chi connectivity index (χ1n) is 11.9. The quantitative estimate of drug-likeness (QED) is 0.390. The van der Waals surface area contributed by atoms with Crippen LogP contribution in [0.25, 0.3) is 10.9 Å². The summed E-state index contributed by atoms with van der Waals surface area (Å²) in [5.41, 5.74) is 4.83. The Morgan fingerprint density at radius 3 is 2.65 bits per heavy atom. The van der Waals surface area contributed by atoms with Gasteiger partial charge in [-0.15, -0.1) is 0 Å². The second-order valence-electron chi connectivity index (χ2n) is 9.08. The number of fused-ring (bicyclic) bond motifs is 1. The van der Waals surface area contributed by atoms with Crippen LogP contribution in [0, 0.1) is 5.92 Å². The van der Waals surface area contributed by atoms with Crippen molar-refractivity contribution in [2.24, 2.45) is 5.92 Å². The van der Waals surface area contributed by atoms with E-state index in [1.54, 1.807) is 12.5 Å². The molecule has 0 spiro atoms. The number of carbonyl (C=O) groups excluding carboxylic acids is 1. The SMILES string of the molecule is O=C(NCCc1cnc[nH]1)C1CCN(Cc2cc3ccccc3n2Cc2ccc(Cl)cc2)CC1. The molecular formula is C27H30ClN5O. The van der Waals surface area contributed by atoms with Crippen LogP contribution in [0.3, 0.4) is 0 Å². The Labute approximate surface area is 204 Å². The number of likely N-dealkylation sites (tertiary alicyclic amines) is 1. The van der Waals surface area contributed by atoms with Crippen molar-refractivity contribution in [1.82, 2.24) is 24.8 Å². The summed E-state index contributed by atoms with van der Waals surface area (Å²) in [4.78, 5) is 22.2. The highest BCUT2D eigenvalue weighted by Crippen LogP contribution is 2.25. The number of para-hydroxylation sites is 1. The van der Waals surface area contributed by atoms with Crippen LogP contribution in [-0.4, -0.2) is 45.0 Å². The van der Waals surface area contributed by atoms with Crippen LogP contribution in [0.5, 0.6) is 0 Å². The molecule has 1 fully saturated rings. The molecule has 1 aliphatic heterocycles. The molecule has 6 nitrogen and oxygen atoms in total. The summed E-state index contributed by atoms with van der Waals surface area (Å²) in [6.07, 6.45) is 6.04. The number of aromatic nitrogens is 3. The van der Waals surface area contributed by atoms with Gasteiger partial charge in [-0.2, -0.15) is 0 Å². The van der Waals surface area contributed by atoms with Crippen LogP contribution >= 0.6 is 11.6 Å². The molecule has 4 aromatic rings. The van der Waals surface area contributed by atoms with Gasteiger partial charge in [-0.25, -0.2) is 4.98 Å². The van der Waals surface area contributed by atoms with E-state index >= 15 is 0 Å². The Kier molecular flexibility index (Phi) is 6.97. The van der Waals surface area contributed by atoms with Crippen molar-refractivity contribution in [3.8, 4) is 0 Å². The molecule has 0 unspecified atom stereocenters. The number of benzene rings is 2. The lowest BCUT2D eigenvalue weighted by Crippen LogP contribution is -2.41. The van der Waals surface area contributed by atoms with E-state index in [4.69, 9.17) is 11.6 Å². The predicted octanol–water partition coefficient (Wildman–Crippen LogP) is 4.64. The second kappa shape index (κ2) is 10.5. The molecule has 1 saturated heterocycles. The zero-order valence-electron chi connectivity index (χ0n) is 19.2. The Morgan fingerprint density at radius 1 is 1.09 bits per heavy atom. The largest absolute Gasteiger partial charge is 0.355 e. The summed E-state index contributed by atoms with van der Waals surface area (Å²) < 4.78 is 2.41. The molecule has 1 amide bonds. The Hall–Kier alpha value is -3.09. The van der Waals surface area contributed by atoms with Gasteiger partial charge in [-0.3, -0.25) is 9.69 Å². The average Bonchev–Trinajstić information content (AvgIpc) is 3.49. The van der Waals surface area contributed by atoms with Crippen LogP contribution < -0.4 is 5.32 Å². The first-order chi connectivity index (χ1) is 16.7. The van der Waals surface area contributed by atoms with Gasteiger partial charge in [0.15, 0.2) is 0 Å². The van der Waals surface area contributed by atoms with Crippen LogP contribution in [0.15, 0.2) is 67.1 Å². The number of hydrogen-bond donors (Lipinski definition) is 2. The number of amides is 1. The normalized spacial score (nSPS) is 15.1. The number of imidazole rings is 1. The molecule has 34 heavy (non-hydrogen) atoms. The Bertz CT molecular complexity index is 1220. The minimum absolute atomic E-state index is 0.0953. The number of aromatic amines is 1. The molecule has 3 heterocycles. The highest BCUT2D eigenvalue weighted by molar-refractivity contribution is 6.30. The van der Waals surface area contributed by atoms with Gasteiger partial charge in [-0.1, -0.05) is 41.9 Å². The highest BCUT2D eigenvalue weighted by Gasteiger charge is 2.25. The van der Waals surface area contributed by atoms with Crippen LogP contribution in [-0.2, 0) is 24.3 Å². The number of hydrogen-bond acceptors (Lipinski definition) is 3. The topological polar surface area (TPSA) is 66.0 Å². The van der Waals surface area contributed by atoms with Crippen molar-refractivity contribution in [3.63, 3.8) is 0 Å². The van der Waals surface area contributed by atoms with Gasteiger partial charge in [0.25, 0.3) is 0 Å². The van der Waals surface area contributed by atoms with Crippen molar-refractivity contribution in [3.05, 3.63) is 89.1 Å². The summed E-state index contributed by atoms with van der Waals surface area (Å²) in [5, 5.41) is 5.12. The zero-order chi connectivity index (χ0) is 23.3. The first-order valence-corrected chi connectivity index (χ1v) is 12.3. The molecule has 7 heteroatoms. The molecule has 0 radical (unpaired) electrons. The van der Waals surface area contributed by atoms with Crippen LogP contribution in [0.2, 0.25) is 5.02 Å². The van der Waals surface area contributed by atoms with Gasteiger partial charge in [0.05, 0.1) is 6.33 Å². The van der Waals surface area contributed by atoms with Gasteiger partial charge in [-0.05, 0) is 61.1 Å². The predicted molar refractivity (Wildman–Crippen MR) is 136 cm³/mol. The van der Waals surface area contributed by atoms with Crippen molar-refractivity contribution in [2.45, 2.75) is 32.4 Å². The average molecular weight is 476 g/mol. The molecule has 176 valence electrons. The summed E-state index contributed by atoms with van der Waals surface area (Å²) in [6, 6.07) is 19.0. The highest BCUT2D eigenvalue weighted by atomic mass is 35.5. The molecular weight excluding hydrogens is 446 g/mol. The third-order valence-corrected chi connectivity index (χ3v) is 6.99. The molecule has 2 N–H and O–H groups in total. The second-order valence-corrected chi connectivity index (χ2v) is 9.51. The maximum atomic E-state index is 12.6. The minimum Gasteiger partial charge on any atom is -0.355 e. The van der Waals surface area contributed by atoms with E-state index in [2.05, 4.69) is 67.2 Å². The third-order valence-electron chi connectivity index (χ3n) is 6.74. The number of rotatable bonds is 8. The standard InChI is InChI=1S/C27H30ClN5O/c28-23-7-5-20(6-8-23)17-33-25(15-22-3-1-2-4-26(22)33)18-32-13-10-21(11-14-32)27(34)30-12-9-24-16-29-19-31-24/h1-8,15-16,19,21H,9-14,17-18H2,(H,29,31)(H,30,34). The van der Waals surface area contributed by atoms with Gasteiger partial charge >= 0.3 is 0 Å². The van der Waals surface area contributed by atoms with Crippen LogP contribution in [0.4, 0.5) is 0 Å². The van der Waals surface area contributed by atoms with Gasteiger partial charge in [0.2, 0.25) is 5.91 Å². The molecule has 0 atom stereocenters. The van der Waals surface area contributed by atoms with Gasteiger partial charge in [0.1, 0.15) is 0 Å². The fraction of sp³-hybridized carbons (Fsp3) is 0.333. The van der Waals surface area contributed by atoms with E-state index < -0.39 is 0 Å². The molecule has 2 aromatic carbocycles. The number of nitrogens with zero attached hydrogens (tertiary/aromatic N) is 3. The lowest BCUT2D eigenvalue weighted by molar-refractivity contribution is -0.126. The lowest BCUT2D eigenvalue weighted by Gasteiger charge is -2.31. The number of carbonyl (C=O) groups is 1. The van der Waals surface area contributed by atoms with Gasteiger partial charge < -0.3 is 14.9 Å². The molecule has 0 aliphatic carbocycles. The van der Waals surface area contributed by atoms with Crippen LogP contribution in [0.1, 0.15) is 29.8 Å². The number of piperidine rings is 1. The monoisotopic (exact) mass is 475 g/mol. The Morgan fingerprint density at radius 2 is 1.88 bits per heavy atom. The fourth-order valence-corrected chi connectivity index (χ4v) is 4.95. The first kappa shape index (κ1) is 22.7. The fourth-order valence-electron chi connectivity index (χ4n) is 4.83. The van der Waals surface area contributed by atoms with Crippen molar-refractivity contribution < 1.29 is 4.79 Å². The van der Waals surface area contributed by atoms with E-state index in [-0.39, 0.29) is 11.8 Å². The molecule has 5 rings (SSSR count). The van der Waals surface area contributed by atoms with E-state index in [0.29, 0.717) is 6.54 Å². The van der Waals surface area contributed by atoms with Gasteiger partial charge in [0, 0.05) is 60.1 Å². The minimum atomic E-state index is 0.0953. The number of halogens is 1. The zero-order valence-corrected chi connectivity index (χ0v) is 20.0. The van der Waals surface area contributed by atoms with Crippen molar-refractivity contribution in [2.75, 3.05) is 19.6 Å². The summed E-state index contributed by atoms with van der Waals surface area (Å²) in [7, 11) is 0. The Balaban J connectivity index is 1.20. The molecule has 0 saturated carbocycles. The number of H-pyrrole nitrogens is 1. The van der Waals surface area contributed by atoms with E-state index in [1.807, 2.05) is 12.1 Å². The molecule has 1 aliphatic rings.